The topological polar surface area (TPSA) is 34.1 Å². The Bertz CT molecular complexity index is 460. The molecule has 4 unspecified atom stereocenters. The van der Waals surface area contributed by atoms with E-state index >= 15 is 0 Å². The molecule has 0 amide bonds. The lowest BCUT2D eigenvalue weighted by Crippen LogP contribution is -2.56. The molecular formula is C17H26O2. The van der Waals surface area contributed by atoms with Gasteiger partial charge in [0.2, 0.25) is 0 Å². The molecule has 3 aliphatic rings. The van der Waals surface area contributed by atoms with Gasteiger partial charge in [-0.3, -0.25) is 9.59 Å². The highest BCUT2D eigenvalue weighted by molar-refractivity contribution is 6.04. The van der Waals surface area contributed by atoms with E-state index < -0.39 is 0 Å². The van der Waals surface area contributed by atoms with Gasteiger partial charge >= 0.3 is 0 Å². The van der Waals surface area contributed by atoms with E-state index in [1.54, 1.807) is 6.92 Å². The lowest BCUT2D eigenvalue weighted by molar-refractivity contribution is -0.158. The lowest BCUT2D eigenvalue weighted by atomic mass is 9.46. The molecule has 0 N–H and O–H groups in total. The van der Waals surface area contributed by atoms with Gasteiger partial charge in [-0.1, -0.05) is 27.7 Å². The van der Waals surface area contributed by atoms with Crippen molar-refractivity contribution >= 4 is 11.6 Å². The van der Waals surface area contributed by atoms with Crippen LogP contribution in [0.15, 0.2) is 0 Å². The van der Waals surface area contributed by atoms with Crippen LogP contribution in [-0.4, -0.2) is 11.6 Å². The van der Waals surface area contributed by atoms with Crippen LogP contribution < -0.4 is 0 Å². The van der Waals surface area contributed by atoms with Crippen LogP contribution in [0.2, 0.25) is 0 Å². The Balaban J connectivity index is 2.13. The molecule has 0 aliphatic heterocycles. The summed E-state index contributed by atoms with van der Waals surface area (Å²) >= 11 is 0. The standard InChI is InChI=1S/C17H26O2/c1-10(18)12-9-15(2,3)17-7-6-11(8-17)16(4,5)14(17)13(12)19/h11-12,14H,6-9H2,1-5H3. The summed E-state index contributed by atoms with van der Waals surface area (Å²) < 4.78 is 0. The largest absolute Gasteiger partial charge is 0.299 e. The summed E-state index contributed by atoms with van der Waals surface area (Å²) in [6.07, 6.45) is 4.43. The van der Waals surface area contributed by atoms with Crippen molar-refractivity contribution in [1.82, 2.24) is 0 Å². The average Bonchev–Trinajstić information content (AvgIpc) is 2.78. The molecule has 0 radical (unpaired) electrons. The Morgan fingerprint density at radius 3 is 2.37 bits per heavy atom. The van der Waals surface area contributed by atoms with Crippen molar-refractivity contribution in [2.75, 3.05) is 0 Å². The minimum absolute atomic E-state index is 0.0755. The lowest BCUT2D eigenvalue weighted by Gasteiger charge is -2.56. The van der Waals surface area contributed by atoms with Gasteiger partial charge in [-0.05, 0) is 54.8 Å². The first kappa shape index (κ1) is 13.3. The molecular weight excluding hydrogens is 236 g/mol. The van der Waals surface area contributed by atoms with Crippen LogP contribution in [0, 0.1) is 34.0 Å². The second kappa shape index (κ2) is 3.51. The van der Waals surface area contributed by atoms with E-state index in [-0.39, 0.29) is 39.6 Å². The van der Waals surface area contributed by atoms with E-state index in [4.69, 9.17) is 0 Å². The molecule has 2 nitrogen and oxygen atoms in total. The number of ketones is 2. The van der Waals surface area contributed by atoms with E-state index in [1.807, 2.05) is 0 Å². The summed E-state index contributed by atoms with van der Waals surface area (Å²) in [6.45, 7) is 10.7. The summed E-state index contributed by atoms with van der Waals surface area (Å²) in [4.78, 5) is 24.8. The SMILES string of the molecule is CC(=O)C1CC(C)(C)C23CCC(C2)C(C)(C)C3C1=O. The minimum atomic E-state index is -0.343. The molecule has 106 valence electrons. The zero-order valence-electron chi connectivity index (χ0n) is 12.9. The van der Waals surface area contributed by atoms with Crippen molar-refractivity contribution < 1.29 is 9.59 Å². The maximum Gasteiger partial charge on any atom is 0.147 e. The molecule has 0 aromatic heterocycles. The van der Waals surface area contributed by atoms with Gasteiger partial charge in [0, 0.05) is 5.92 Å². The maximum absolute atomic E-state index is 12.9. The van der Waals surface area contributed by atoms with Crippen LogP contribution in [0.3, 0.4) is 0 Å². The van der Waals surface area contributed by atoms with Gasteiger partial charge in [0.1, 0.15) is 11.6 Å². The van der Waals surface area contributed by atoms with E-state index in [1.165, 1.54) is 19.3 Å². The van der Waals surface area contributed by atoms with E-state index in [2.05, 4.69) is 27.7 Å². The van der Waals surface area contributed by atoms with Crippen molar-refractivity contribution in [3.8, 4) is 0 Å². The Labute approximate surface area is 116 Å². The van der Waals surface area contributed by atoms with Crippen molar-refractivity contribution in [3.05, 3.63) is 0 Å². The van der Waals surface area contributed by atoms with Gasteiger partial charge in [0.25, 0.3) is 0 Å². The summed E-state index contributed by atoms with van der Waals surface area (Å²) in [5.74, 6) is 0.776. The van der Waals surface area contributed by atoms with Gasteiger partial charge in [-0.15, -0.1) is 0 Å². The number of carbonyl (C=O) groups is 2. The molecule has 2 bridgehead atoms. The molecule has 1 spiro atoms. The quantitative estimate of drug-likeness (QED) is 0.676. The molecule has 4 atom stereocenters. The normalized spacial score (nSPS) is 46.2. The number of rotatable bonds is 1. The fourth-order valence-electron chi connectivity index (χ4n) is 5.92. The van der Waals surface area contributed by atoms with E-state index in [0.29, 0.717) is 5.92 Å². The third kappa shape index (κ3) is 1.38. The predicted molar refractivity (Wildman–Crippen MR) is 74.6 cm³/mol. The third-order valence-corrected chi connectivity index (χ3v) is 7.08. The van der Waals surface area contributed by atoms with Crippen molar-refractivity contribution in [3.63, 3.8) is 0 Å². The molecule has 3 aliphatic carbocycles. The average molecular weight is 262 g/mol. The second-order valence-electron chi connectivity index (χ2n) is 8.50. The Morgan fingerprint density at radius 2 is 1.79 bits per heavy atom. The zero-order chi connectivity index (χ0) is 14.2. The number of Topliss-reactive ketones (excluding diaryl/α,β-unsaturated/α-hetero) is 2. The predicted octanol–water partition coefficient (Wildman–Crippen LogP) is 3.63. The van der Waals surface area contributed by atoms with E-state index in [0.717, 1.165) is 6.42 Å². The Kier molecular flexibility index (Phi) is 2.46. The number of carbonyl (C=O) groups excluding carboxylic acids is 2. The molecule has 19 heavy (non-hydrogen) atoms. The maximum atomic E-state index is 12.9. The third-order valence-electron chi connectivity index (χ3n) is 7.08. The molecule has 3 saturated carbocycles. The Hall–Kier alpha value is -0.660. The smallest absolute Gasteiger partial charge is 0.147 e. The van der Waals surface area contributed by atoms with Crippen LogP contribution in [0.1, 0.15) is 60.3 Å². The van der Waals surface area contributed by atoms with Gasteiger partial charge in [0.15, 0.2) is 0 Å². The molecule has 0 saturated heterocycles. The highest BCUT2D eigenvalue weighted by Crippen LogP contribution is 2.75. The van der Waals surface area contributed by atoms with Gasteiger partial charge < -0.3 is 0 Å². The first-order valence-electron chi connectivity index (χ1n) is 7.68. The first-order valence-corrected chi connectivity index (χ1v) is 7.68. The van der Waals surface area contributed by atoms with Crippen LogP contribution in [-0.2, 0) is 9.59 Å². The van der Waals surface area contributed by atoms with Gasteiger partial charge in [-0.2, -0.15) is 0 Å². The minimum Gasteiger partial charge on any atom is -0.299 e. The molecule has 3 fully saturated rings. The second-order valence-corrected chi connectivity index (χ2v) is 8.50. The monoisotopic (exact) mass is 262 g/mol. The number of hydrogen-bond donors (Lipinski definition) is 0. The van der Waals surface area contributed by atoms with Gasteiger partial charge in [0.05, 0.1) is 5.92 Å². The number of hydrogen-bond acceptors (Lipinski definition) is 2. The summed E-state index contributed by atoms with van der Waals surface area (Å²) in [5, 5.41) is 0. The first-order chi connectivity index (χ1) is 8.63. The zero-order valence-corrected chi connectivity index (χ0v) is 12.9. The van der Waals surface area contributed by atoms with Crippen LogP contribution in [0.25, 0.3) is 0 Å². The molecule has 0 aromatic rings. The van der Waals surface area contributed by atoms with E-state index in [9.17, 15) is 9.59 Å². The Morgan fingerprint density at radius 1 is 1.16 bits per heavy atom. The summed E-state index contributed by atoms with van der Waals surface area (Å²) in [6, 6.07) is 0. The van der Waals surface area contributed by atoms with Crippen LogP contribution in [0.5, 0.6) is 0 Å². The summed E-state index contributed by atoms with van der Waals surface area (Å²) in [5.41, 5.74) is 0.370. The molecule has 0 heterocycles. The molecule has 0 aromatic carbocycles. The van der Waals surface area contributed by atoms with Crippen LogP contribution in [0.4, 0.5) is 0 Å². The van der Waals surface area contributed by atoms with Crippen molar-refractivity contribution in [1.29, 1.82) is 0 Å². The molecule has 2 heteroatoms. The highest BCUT2D eigenvalue weighted by atomic mass is 16.2. The summed E-state index contributed by atoms with van der Waals surface area (Å²) in [7, 11) is 0. The van der Waals surface area contributed by atoms with Crippen molar-refractivity contribution in [2.24, 2.45) is 34.0 Å². The fourth-order valence-corrected chi connectivity index (χ4v) is 5.92. The van der Waals surface area contributed by atoms with Crippen LogP contribution >= 0.6 is 0 Å². The molecule has 3 rings (SSSR count). The highest BCUT2D eigenvalue weighted by Gasteiger charge is 2.71. The number of fused-ring (bicyclic) bond motifs is 1. The van der Waals surface area contributed by atoms with Gasteiger partial charge in [-0.25, -0.2) is 0 Å². The fraction of sp³-hybridized carbons (Fsp3) is 0.882. The van der Waals surface area contributed by atoms with Crippen molar-refractivity contribution in [2.45, 2.75) is 60.3 Å².